The summed E-state index contributed by atoms with van der Waals surface area (Å²) in [5, 5.41) is 1.12. The van der Waals surface area contributed by atoms with Crippen molar-refractivity contribution in [2.45, 2.75) is 13.3 Å². The van der Waals surface area contributed by atoms with Gasteiger partial charge in [-0.3, -0.25) is 4.79 Å². The number of anilines is 1. The lowest BCUT2D eigenvalue weighted by molar-refractivity contribution is -0.120. The van der Waals surface area contributed by atoms with E-state index in [0.29, 0.717) is 28.8 Å². The Bertz CT molecular complexity index is 687. The Morgan fingerprint density at radius 2 is 2.21 bits per heavy atom. The van der Waals surface area contributed by atoms with Crippen LogP contribution in [0.4, 0.5) is 5.69 Å². The van der Waals surface area contributed by atoms with Crippen molar-refractivity contribution < 1.29 is 9.53 Å². The van der Waals surface area contributed by atoms with E-state index in [4.69, 9.17) is 16.3 Å². The van der Waals surface area contributed by atoms with Crippen LogP contribution < -0.4 is 9.64 Å². The molecular weight excluding hydrogens is 266 g/mol. The van der Waals surface area contributed by atoms with Gasteiger partial charge in [0.05, 0.1) is 11.2 Å². The fraction of sp³-hybridized carbons (Fsp3) is 0.308. The van der Waals surface area contributed by atoms with E-state index in [0.717, 1.165) is 10.9 Å². The van der Waals surface area contributed by atoms with Crippen molar-refractivity contribution >= 4 is 34.1 Å². The summed E-state index contributed by atoms with van der Waals surface area (Å²) in [6.45, 7) is 2.02. The second-order valence-corrected chi connectivity index (χ2v) is 4.72. The maximum Gasteiger partial charge on any atom is 0.264 e. The van der Waals surface area contributed by atoms with Gasteiger partial charge in [0.25, 0.3) is 5.91 Å². The molecule has 1 aliphatic heterocycles. The summed E-state index contributed by atoms with van der Waals surface area (Å²) in [5.41, 5.74) is 1.43. The smallest absolute Gasteiger partial charge is 0.264 e. The largest absolute Gasteiger partial charge is 0.481 e. The van der Waals surface area contributed by atoms with Gasteiger partial charge in [-0.25, -0.2) is 9.97 Å². The van der Waals surface area contributed by atoms with Crippen LogP contribution in [0.5, 0.6) is 5.75 Å². The van der Waals surface area contributed by atoms with E-state index in [9.17, 15) is 4.79 Å². The Morgan fingerprint density at radius 1 is 1.42 bits per heavy atom. The van der Waals surface area contributed by atoms with Gasteiger partial charge in [0.1, 0.15) is 16.7 Å². The lowest BCUT2D eigenvalue weighted by atomic mass is 10.1. The van der Waals surface area contributed by atoms with Crippen molar-refractivity contribution in [3.63, 3.8) is 0 Å². The zero-order valence-corrected chi connectivity index (χ0v) is 11.4. The topological polar surface area (TPSA) is 55.3 Å². The monoisotopic (exact) mass is 277 g/mol. The molecule has 98 valence electrons. The van der Waals surface area contributed by atoms with Gasteiger partial charge in [0.15, 0.2) is 6.61 Å². The zero-order valence-electron chi connectivity index (χ0n) is 10.6. The van der Waals surface area contributed by atoms with Crippen LogP contribution in [0.25, 0.3) is 10.9 Å². The molecule has 1 amide bonds. The molecule has 0 radical (unpaired) electrons. The predicted molar refractivity (Wildman–Crippen MR) is 72.8 cm³/mol. The summed E-state index contributed by atoms with van der Waals surface area (Å²) in [6.07, 6.45) is 0.714. The van der Waals surface area contributed by atoms with Crippen molar-refractivity contribution in [3.8, 4) is 5.75 Å². The van der Waals surface area contributed by atoms with Crippen molar-refractivity contribution in [1.82, 2.24) is 9.97 Å². The van der Waals surface area contributed by atoms with Gasteiger partial charge in [-0.15, -0.1) is 0 Å². The molecule has 0 unspecified atom stereocenters. The van der Waals surface area contributed by atoms with E-state index in [-0.39, 0.29) is 12.5 Å². The molecule has 0 atom stereocenters. The standard InChI is InChI=1S/C13H12ClN3O2/c1-3-11-15-8-5-10-9(4-7(8)13(14)16-11)17(2)12(18)6-19-10/h4-5H,3,6H2,1-2H3. The first-order valence-corrected chi connectivity index (χ1v) is 6.37. The third-order valence-electron chi connectivity index (χ3n) is 3.18. The van der Waals surface area contributed by atoms with Gasteiger partial charge >= 0.3 is 0 Å². The Kier molecular flexibility index (Phi) is 2.78. The molecule has 19 heavy (non-hydrogen) atoms. The number of aryl methyl sites for hydroxylation is 1. The number of rotatable bonds is 1. The maximum absolute atomic E-state index is 11.6. The summed E-state index contributed by atoms with van der Waals surface area (Å²) in [5.74, 6) is 1.25. The van der Waals surface area contributed by atoms with Crippen molar-refractivity contribution in [2.75, 3.05) is 18.6 Å². The first-order chi connectivity index (χ1) is 9.10. The minimum atomic E-state index is -0.0888. The van der Waals surface area contributed by atoms with E-state index in [1.807, 2.05) is 6.92 Å². The summed E-state index contributed by atoms with van der Waals surface area (Å²) < 4.78 is 5.43. The predicted octanol–water partition coefficient (Wildman–Crippen LogP) is 2.20. The van der Waals surface area contributed by atoms with Gasteiger partial charge in [-0.1, -0.05) is 18.5 Å². The normalized spacial score (nSPS) is 14.5. The van der Waals surface area contributed by atoms with Crippen molar-refractivity contribution in [1.29, 1.82) is 0 Å². The molecule has 0 N–H and O–H groups in total. The minimum Gasteiger partial charge on any atom is -0.481 e. The fourth-order valence-corrected chi connectivity index (χ4v) is 2.31. The van der Waals surface area contributed by atoms with Gasteiger partial charge in [0.2, 0.25) is 0 Å². The number of carbonyl (C=O) groups is 1. The number of nitrogens with zero attached hydrogens (tertiary/aromatic N) is 3. The number of benzene rings is 1. The van der Waals surface area contributed by atoms with Crippen LogP contribution in [0.15, 0.2) is 12.1 Å². The molecule has 2 aromatic rings. The molecular formula is C13H12ClN3O2. The molecule has 0 aliphatic carbocycles. The number of likely N-dealkylation sites (N-methyl/N-ethyl adjacent to an activating group) is 1. The van der Waals surface area contributed by atoms with E-state index in [2.05, 4.69) is 9.97 Å². The van der Waals surface area contributed by atoms with E-state index >= 15 is 0 Å². The van der Waals surface area contributed by atoms with Gasteiger partial charge < -0.3 is 9.64 Å². The number of halogens is 1. The summed E-state index contributed by atoms with van der Waals surface area (Å²) >= 11 is 6.17. The van der Waals surface area contributed by atoms with Crippen LogP contribution in [0.2, 0.25) is 5.15 Å². The summed E-state index contributed by atoms with van der Waals surface area (Å²) in [7, 11) is 1.71. The highest BCUT2D eigenvalue weighted by atomic mass is 35.5. The molecule has 5 nitrogen and oxygen atoms in total. The summed E-state index contributed by atoms with van der Waals surface area (Å²) in [6, 6.07) is 3.60. The number of hydrogen-bond acceptors (Lipinski definition) is 4. The SMILES string of the molecule is CCc1nc(Cl)c2cc3c(cc2n1)OCC(=O)N3C. The highest BCUT2D eigenvalue weighted by Gasteiger charge is 2.23. The molecule has 6 heteroatoms. The van der Waals surface area contributed by atoms with Crippen LogP contribution in [0.3, 0.4) is 0 Å². The number of hydrogen-bond donors (Lipinski definition) is 0. The quantitative estimate of drug-likeness (QED) is 0.750. The Labute approximate surface area is 115 Å². The third-order valence-corrected chi connectivity index (χ3v) is 3.47. The van der Waals surface area contributed by atoms with Crippen LogP contribution in [-0.2, 0) is 11.2 Å². The maximum atomic E-state index is 11.6. The average molecular weight is 278 g/mol. The van der Waals surface area contributed by atoms with E-state index in [1.54, 1.807) is 24.1 Å². The number of amides is 1. The molecule has 3 rings (SSSR count). The number of fused-ring (bicyclic) bond motifs is 2. The first kappa shape index (κ1) is 12.2. The van der Waals surface area contributed by atoms with Gasteiger partial charge in [-0.2, -0.15) is 0 Å². The van der Waals surface area contributed by atoms with Crippen LogP contribution in [-0.4, -0.2) is 29.5 Å². The van der Waals surface area contributed by atoms with Crippen LogP contribution in [0.1, 0.15) is 12.7 Å². The van der Waals surface area contributed by atoms with E-state index < -0.39 is 0 Å². The molecule has 2 heterocycles. The van der Waals surface area contributed by atoms with Crippen molar-refractivity contribution in [2.24, 2.45) is 0 Å². The molecule has 1 aromatic heterocycles. The first-order valence-electron chi connectivity index (χ1n) is 5.99. The second kappa shape index (κ2) is 4.35. The molecule has 1 aliphatic rings. The number of ether oxygens (including phenoxy) is 1. The second-order valence-electron chi connectivity index (χ2n) is 4.36. The highest BCUT2D eigenvalue weighted by molar-refractivity contribution is 6.34. The lowest BCUT2D eigenvalue weighted by Gasteiger charge is -2.26. The van der Waals surface area contributed by atoms with Crippen LogP contribution in [0, 0.1) is 0 Å². The molecule has 0 fully saturated rings. The van der Waals surface area contributed by atoms with Crippen LogP contribution >= 0.6 is 11.6 Å². The zero-order chi connectivity index (χ0) is 13.6. The summed E-state index contributed by atoms with van der Waals surface area (Å²) in [4.78, 5) is 21.8. The molecule has 1 aromatic carbocycles. The molecule has 0 saturated heterocycles. The Morgan fingerprint density at radius 3 is 2.95 bits per heavy atom. The third kappa shape index (κ3) is 1.90. The number of carbonyl (C=O) groups excluding carboxylic acids is 1. The molecule has 0 saturated carbocycles. The molecule has 0 spiro atoms. The van der Waals surface area contributed by atoms with E-state index in [1.165, 1.54) is 0 Å². The lowest BCUT2D eigenvalue weighted by Crippen LogP contribution is -2.35. The Hall–Kier alpha value is -1.88. The minimum absolute atomic E-state index is 0.0501. The van der Waals surface area contributed by atoms with Gasteiger partial charge in [0, 0.05) is 24.9 Å². The number of aromatic nitrogens is 2. The average Bonchev–Trinajstić information content (AvgIpc) is 2.41. The fourth-order valence-electron chi connectivity index (χ4n) is 2.06. The van der Waals surface area contributed by atoms with Crippen molar-refractivity contribution in [3.05, 3.63) is 23.1 Å². The van der Waals surface area contributed by atoms with Gasteiger partial charge in [-0.05, 0) is 6.07 Å². The Balaban J connectivity index is 2.26. The molecule has 0 bridgehead atoms. The highest BCUT2D eigenvalue weighted by Crippen LogP contribution is 2.36.